The zero-order chi connectivity index (χ0) is 8.74. The van der Waals surface area contributed by atoms with Gasteiger partial charge in [-0.15, -0.1) is 12.3 Å². The SMILES string of the molecule is C#CCC(C)(CC)CCNC. The van der Waals surface area contributed by atoms with Crippen molar-refractivity contribution in [3.63, 3.8) is 0 Å². The number of nitrogens with one attached hydrogen (secondary N) is 1. The van der Waals surface area contributed by atoms with E-state index in [1.165, 1.54) is 12.8 Å². The van der Waals surface area contributed by atoms with Crippen molar-refractivity contribution in [2.45, 2.75) is 33.1 Å². The molecule has 0 rings (SSSR count). The summed E-state index contributed by atoms with van der Waals surface area (Å²) in [6.45, 7) is 5.52. The van der Waals surface area contributed by atoms with Crippen molar-refractivity contribution in [3.8, 4) is 12.3 Å². The van der Waals surface area contributed by atoms with Crippen LogP contribution in [0.5, 0.6) is 0 Å². The highest BCUT2D eigenvalue weighted by atomic mass is 14.8. The topological polar surface area (TPSA) is 12.0 Å². The van der Waals surface area contributed by atoms with Gasteiger partial charge < -0.3 is 5.32 Å². The van der Waals surface area contributed by atoms with Gasteiger partial charge in [0.25, 0.3) is 0 Å². The van der Waals surface area contributed by atoms with Crippen LogP contribution in [-0.4, -0.2) is 13.6 Å². The first-order chi connectivity index (χ1) is 5.18. The first kappa shape index (κ1) is 10.5. The summed E-state index contributed by atoms with van der Waals surface area (Å²) in [6, 6.07) is 0. The Balaban J connectivity index is 3.80. The van der Waals surface area contributed by atoms with Gasteiger partial charge in [-0.05, 0) is 31.8 Å². The summed E-state index contributed by atoms with van der Waals surface area (Å²) in [7, 11) is 1.98. The molecule has 0 saturated heterocycles. The smallest absolute Gasteiger partial charge is 0.0140 e. The van der Waals surface area contributed by atoms with E-state index in [4.69, 9.17) is 6.42 Å². The number of hydrogen-bond donors (Lipinski definition) is 1. The van der Waals surface area contributed by atoms with E-state index in [0.29, 0.717) is 5.41 Å². The summed E-state index contributed by atoms with van der Waals surface area (Å²) in [5.74, 6) is 2.74. The van der Waals surface area contributed by atoms with Crippen molar-refractivity contribution in [2.24, 2.45) is 5.41 Å². The van der Waals surface area contributed by atoms with Gasteiger partial charge in [0, 0.05) is 6.42 Å². The lowest BCUT2D eigenvalue weighted by atomic mass is 9.81. The molecule has 0 bridgehead atoms. The van der Waals surface area contributed by atoms with Gasteiger partial charge in [0.15, 0.2) is 0 Å². The third kappa shape index (κ3) is 4.06. The first-order valence-corrected chi connectivity index (χ1v) is 4.26. The fraction of sp³-hybridized carbons (Fsp3) is 0.800. The second-order valence-electron chi connectivity index (χ2n) is 3.40. The molecule has 1 N–H and O–H groups in total. The summed E-state index contributed by atoms with van der Waals surface area (Å²) in [5.41, 5.74) is 0.345. The molecule has 0 aliphatic heterocycles. The number of rotatable bonds is 5. The standard InChI is InChI=1S/C10H19N/c1-5-7-10(3,6-2)8-9-11-4/h1,11H,6-9H2,2-4H3. The van der Waals surface area contributed by atoms with Crippen LogP contribution in [0.15, 0.2) is 0 Å². The predicted molar refractivity (Wildman–Crippen MR) is 50.4 cm³/mol. The molecule has 1 atom stereocenters. The van der Waals surface area contributed by atoms with Crippen LogP contribution in [0.4, 0.5) is 0 Å². The minimum Gasteiger partial charge on any atom is -0.320 e. The largest absolute Gasteiger partial charge is 0.320 e. The summed E-state index contributed by atoms with van der Waals surface area (Å²) >= 11 is 0. The molecule has 64 valence electrons. The molecule has 1 heteroatoms. The van der Waals surface area contributed by atoms with E-state index in [1.54, 1.807) is 0 Å². The molecule has 0 aromatic carbocycles. The molecule has 0 fully saturated rings. The highest BCUT2D eigenvalue weighted by molar-refractivity contribution is 4.92. The van der Waals surface area contributed by atoms with Crippen molar-refractivity contribution in [3.05, 3.63) is 0 Å². The van der Waals surface area contributed by atoms with Gasteiger partial charge in [-0.25, -0.2) is 0 Å². The molecule has 1 nitrogen and oxygen atoms in total. The summed E-state index contributed by atoms with van der Waals surface area (Å²) in [4.78, 5) is 0. The van der Waals surface area contributed by atoms with E-state index < -0.39 is 0 Å². The quantitative estimate of drug-likeness (QED) is 0.596. The molecule has 1 unspecified atom stereocenters. The first-order valence-electron chi connectivity index (χ1n) is 4.26. The predicted octanol–water partition coefficient (Wildman–Crippen LogP) is 2.04. The molecule has 0 amide bonds. The zero-order valence-electron chi connectivity index (χ0n) is 7.91. The molecule has 0 aromatic rings. The average Bonchev–Trinajstić information content (AvgIpc) is 2.02. The fourth-order valence-corrected chi connectivity index (χ4v) is 1.06. The maximum absolute atomic E-state index is 5.29. The Bertz CT molecular complexity index is 134. The second kappa shape index (κ2) is 5.21. The highest BCUT2D eigenvalue weighted by Crippen LogP contribution is 2.28. The van der Waals surface area contributed by atoms with E-state index in [2.05, 4.69) is 25.1 Å². The Labute approximate surface area is 70.6 Å². The van der Waals surface area contributed by atoms with E-state index in [1.807, 2.05) is 7.05 Å². The van der Waals surface area contributed by atoms with Crippen molar-refractivity contribution < 1.29 is 0 Å². The molecule has 0 aliphatic rings. The maximum atomic E-state index is 5.29. The van der Waals surface area contributed by atoms with Gasteiger partial charge in [0.2, 0.25) is 0 Å². The minimum atomic E-state index is 0.345. The molecule has 0 aliphatic carbocycles. The van der Waals surface area contributed by atoms with Crippen molar-refractivity contribution in [1.29, 1.82) is 0 Å². The van der Waals surface area contributed by atoms with Gasteiger partial charge in [-0.1, -0.05) is 13.8 Å². The van der Waals surface area contributed by atoms with Crippen LogP contribution >= 0.6 is 0 Å². The summed E-state index contributed by atoms with van der Waals surface area (Å²) < 4.78 is 0. The van der Waals surface area contributed by atoms with Crippen LogP contribution in [0.3, 0.4) is 0 Å². The van der Waals surface area contributed by atoms with Gasteiger partial charge in [-0.3, -0.25) is 0 Å². The molecule has 0 heterocycles. The van der Waals surface area contributed by atoms with Crippen LogP contribution in [0.2, 0.25) is 0 Å². The van der Waals surface area contributed by atoms with Crippen LogP contribution in [0.25, 0.3) is 0 Å². The average molecular weight is 153 g/mol. The molecular formula is C10H19N. The van der Waals surface area contributed by atoms with Crippen LogP contribution in [-0.2, 0) is 0 Å². The van der Waals surface area contributed by atoms with Crippen LogP contribution in [0, 0.1) is 17.8 Å². The Hall–Kier alpha value is -0.480. The molecule has 0 spiro atoms. The van der Waals surface area contributed by atoms with Crippen molar-refractivity contribution in [1.82, 2.24) is 5.32 Å². The third-order valence-electron chi connectivity index (χ3n) is 2.36. The van der Waals surface area contributed by atoms with Crippen molar-refractivity contribution >= 4 is 0 Å². The highest BCUT2D eigenvalue weighted by Gasteiger charge is 2.19. The lowest BCUT2D eigenvalue weighted by Gasteiger charge is -2.25. The van der Waals surface area contributed by atoms with Gasteiger partial charge in [0.1, 0.15) is 0 Å². The molecule has 0 saturated carbocycles. The summed E-state index contributed by atoms with van der Waals surface area (Å²) in [6.07, 6.45) is 8.52. The Morgan fingerprint density at radius 3 is 2.55 bits per heavy atom. The zero-order valence-corrected chi connectivity index (χ0v) is 7.91. The van der Waals surface area contributed by atoms with Crippen LogP contribution < -0.4 is 5.32 Å². The number of hydrogen-bond acceptors (Lipinski definition) is 1. The Morgan fingerprint density at radius 1 is 1.55 bits per heavy atom. The third-order valence-corrected chi connectivity index (χ3v) is 2.36. The monoisotopic (exact) mass is 153 g/mol. The maximum Gasteiger partial charge on any atom is 0.0140 e. The van der Waals surface area contributed by atoms with E-state index >= 15 is 0 Å². The van der Waals surface area contributed by atoms with Crippen LogP contribution in [0.1, 0.15) is 33.1 Å². The van der Waals surface area contributed by atoms with E-state index in [-0.39, 0.29) is 0 Å². The second-order valence-corrected chi connectivity index (χ2v) is 3.40. The lowest BCUT2D eigenvalue weighted by Crippen LogP contribution is -2.21. The molecule has 0 radical (unpaired) electrons. The Kier molecular flexibility index (Phi) is 4.98. The van der Waals surface area contributed by atoms with E-state index in [0.717, 1.165) is 13.0 Å². The molecule has 11 heavy (non-hydrogen) atoms. The normalized spacial score (nSPS) is 15.5. The van der Waals surface area contributed by atoms with Gasteiger partial charge in [-0.2, -0.15) is 0 Å². The minimum absolute atomic E-state index is 0.345. The number of terminal acetylenes is 1. The lowest BCUT2D eigenvalue weighted by molar-refractivity contribution is 0.291. The van der Waals surface area contributed by atoms with E-state index in [9.17, 15) is 0 Å². The van der Waals surface area contributed by atoms with Crippen molar-refractivity contribution in [2.75, 3.05) is 13.6 Å². The van der Waals surface area contributed by atoms with Gasteiger partial charge in [0.05, 0.1) is 0 Å². The molecule has 0 aromatic heterocycles. The fourth-order valence-electron chi connectivity index (χ4n) is 1.06. The van der Waals surface area contributed by atoms with Gasteiger partial charge >= 0.3 is 0 Å². The Morgan fingerprint density at radius 2 is 2.18 bits per heavy atom. The molecular weight excluding hydrogens is 134 g/mol. The summed E-state index contributed by atoms with van der Waals surface area (Å²) in [5, 5.41) is 3.15.